The summed E-state index contributed by atoms with van der Waals surface area (Å²) in [6.45, 7) is 0. The Bertz CT molecular complexity index is 1980. The molecule has 8 N–H and O–H groups in total. The van der Waals surface area contributed by atoms with Crippen LogP contribution in [0, 0.1) is 47.3 Å². The van der Waals surface area contributed by atoms with Crippen LogP contribution in [0.1, 0.15) is 107 Å². The lowest BCUT2D eigenvalue weighted by molar-refractivity contribution is -0.158. The van der Waals surface area contributed by atoms with Crippen molar-refractivity contribution in [1.29, 1.82) is 0 Å². The van der Waals surface area contributed by atoms with Gasteiger partial charge in [0.1, 0.15) is 34.1 Å². The number of fused-ring (bicyclic) bond motifs is 20. The van der Waals surface area contributed by atoms with E-state index in [9.17, 15) is 0 Å². The molecule has 17 unspecified atom stereocenters. The van der Waals surface area contributed by atoms with Crippen LogP contribution in [-0.2, 0) is 14.6 Å². The highest BCUT2D eigenvalue weighted by atomic mass is 28.1. The summed E-state index contributed by atoms with van der Waals surface area (Å²) in [5.74, 6) is 5.41. The number of benzene rings is 2. The van der Waals surface area contributed by atoms with E-state index in [-0.39, 0.29) is 61.1 Å². The van der Waals surface area contributed by atoms with Gasteiger partial charge in [-0.3, -0.25) is 47.3 Å². The molecule has 2 aromatic rings. The highest BCUT2D eigenvalue weighted by Crippen LogP contribution is 2.49. The van der Waals surface area contributed by atoms with Crippen LogP contribution < -0.4 is 61.5 Å². The molecule has 3 radical (unpaired) electrons. The molecule has 353 valence electrons. The standard InChI is InChI=1S/C50H73N8O6Si/c1-60-26-20-22-37(62-3)35(24-26)50(65,36-25-27(61-2)21-23-38(36)63-4)49(59)64-39-19-11-18-34-40(39)48-57-46-33-17-10-9-16-32(33)44(55-46)53-42-29-13-6-5-12-28(29)41(51-42)52-43-30-14-7-8-15-31(30)45(54-43)56-47(34)58-48/h20-25,28-34,39-48,51-58H,5-19H2,1-4H3. The summed E-state index contributed by atoms with van der Waals surface area (Å²) in [6.07, 6.45) is 18.9. The van der Waals surface area contributed by atoms with Gasteiger partial charge in [-0.15, -0.1) is 0 Å². The van der Waals surface area contributed by atoms with Gasteiger partial charge in [0.2, 0.25) is 0 Å². The van der Waals surface area contributed by atoms with Crippen LogP contribution >= 0.6 is 0 Å². The number of ether oxygens (including phenoxy) is 5. The molecule has 11 rings (SSSR count). The van der Waals surface area contributed by atoms with E-state index in [4.69, 9.17) is 23.7 Å². The van der Waals surface area contributed by atoms with Crippen molar-refractivity contribution in [3.05, 3.63) is 47.5 Å². The Labute approximate surface area is 389 Å². The summed E-state index contributed by atoms with van der Waals surface area (Å²) in [5, 5.41) is 32.2. The molecule has 5 heterocycles. The zero-order valence-electron chi connectivity index (χ0n) is 38.8. The molecular weight excluding hydrogens is 837 g/mol. The molecule has 0 spiro atoms. The summed E-state index contributed by atoms with van der Waals surface area (Å²) in [4.78, 5) is 15.6. The number of carbonyl (C=O) groups excluding carboxylic acids is 1. The van der Waals surface area contributed by atoms with Crippen molar-refractivity contribution in [2.24, 2.45) is 47.3 Å². The van der Waals surface area contributed by atoms with Crippen LogP contribution in [0.15, 0.2) is 36.4 Å². The summed E-state index contributed by atoms with van der Waals surface area (Å²) >= 11 is 0. The van der Waals surface area contributed by atoms with Crippen LogP contribution in [0.2, 0.25) is 0 Å². The van der Waals surface area contributed by atoms with E-state index < -0.39 is 11.0 Å². The molecular formula is C50H73N8O6Si. The van der Waals surface area contributed by atoms with E-state index in [0.717, 1.165) is 19.3 Å². The third-order valence-electron chi connectivity index (χ3n) is 18.0. The topological polar surface area (TPSA) is 159 Å². The van der Waals surface area contributed by atoms with Crippen molar-refractivity contribution >= 4 is 16.2 Å². The van der Waals surface area contributed by atoms with Gasteiger partial charge in [-0.2, -0.15) is 0 Å². The summed E-state index contributed by atoms with van der Waals surface area (Å²) in [6, 6.07) is 11.0. The van der Waals surface area contributed by atoms with E-state index in [2.05, 4.69) is 52.8 Å². The van der Waals surface area contributed by atoms with Gasteiger partial charge in [0.25, 0.3) is 0 Å². The van der Waals surface area contributed by atoms with Crippen LogP contribution in [0.3, 0.4) is 0 Å². The van der Waals surface area contributed by atoms with Crippen molar-refractivity contribution in [2.45, 2.75) is 157 Å². The summed E-state index contributed by atoms with van der Waals surface area (Å²) in [5.41, 5.74) is 1.10. The van der Waals surface area contributed by atoms with Gasteiger partial charge in [0, 0.05) is 17.0 Å². The van der Waals surface area contributed by atoms with Gasteiger partial charge in [-0.05, 0) is 136 Å². The molecule has 5 saturated heterocycles. The molecule has 9 aliphatic rings. The van der Waals surface area contributed by atoms with Crippen LogP contribution in [0.25, 0.3) is 0 Å². The lowest BCUT2D eigenvalue weighted by Gasteiger charge is -2.40. The average Bonchev–Trinajstić information content (AvgIpc) is 4.09. The lowest BCUT2D eigenvalue weighted by Crippen LogP contribution is -2.62. The number of carbonyl (C=O) groups is 1. The maximum atomic E-state index is 15.6. The van der Waals surface area contributed by atoms with Gasteiger partial charge in [-0.1, -0.05) is 38.5 Å². The van der Waals surface area contributed by atoms with Gasteiger partial charge in [0.05, 0.1) is 88.0 Å². The summed E-state index contributed by atoms with van der Waals surface area (Å²) in [7, 11) is 10.6. The van der Waals surface area contributed by atoms with E-state index in [1.807, 2.05) is 36.4 Å². The van der Waals surface area contributed by atoms with Gasteiger partial charge < -0.3 is 23.7 Å². The van der Waals surface area contributed by atoms with Crippen molar-refractivity contribution in [3.8, 4) is 23.0 Å². The Morgan fingerprint density at radius 2 is 0.800 bits per heavy atom. The first-order valence-electron chi connectivity index (χ1n) is 25.3. The molecule has 17 atom stereocenters. The fourth-order valence-corrected chi connectivity index (χ4v) is 15.4. The van der Waals surface area contributed by atoms with Gasteiger partial charge in [-0.25, -0.2) is 0 Å². The highest BCUT2D eigenvalue weighted by molar-refractivity contribution is 6.31. The maximum Gasteiger partial charge on any atom is 0.317 e. The molecule has 8 bridgehead atoms. The Morgan fingerprint density at radius 1 is 0.462 bits per heavy atom. The van der Waals surface area contributed by atoms with E-state index in [0.29, 0.717) is 75.8 Å². The van der Waals surface area contributed by atoms with E-state index >= 15 is 4.79 Å². The minimum absolute atomic E-state index is 0.00483. The van der Waals surface area contributed by atoms with Gasteiger partial charge >= 0.3 is 5.97 Å². The van der Waals surface area contributed by atoms with E-state index in [1.54, 1.807) is 28.4 Å². The molecule has 65 heavy (non-hydrogen) atoms. The lowest BCUT2D eigenvalue weighted by atomic mass is 9.75. The second-order valence-corrected chi connectivity index (χ2v) is 21.7. The number of hydrogen-bond acceptors (Lipinski definition) is 14. The van der Waals surface area contributed by atoms with Crippen molar-refractivity contribution in [2.75, 3.05) is 28.4 Å². The summed E-state index contributed by atoms with van der Waals surface area (Å²) < 4.78 is 30.5. The SMILES string of the molecule is COc1ccc(OC)c(C([Si])(C(=O)OC2CCCC3C4NC5NC(NC6NC(NC7NC(NC(N4)C23)C2CCCCC72)C2CCCCC62)C2CCCCC52)c2cc(OC)ccc2OC)c1. The van der Waals surface area contributed by atoms with Crippen LogP contribution in [0.5, 0.6) is 23.0 Å². The molecule has 14 nitrogen and oxygen atoms in total. The number of hydrogen-bond donors (Lipinski definition) is 8. The molecule has 9 fully saturated rings. The zero-order chi connectivity index (χ0) is 44.4. The van der Waals surface area contributed by atoms with Crippen molar-refractivity contribution in [3.63, 3.8) is 0 Å². The molecule has 0 aromatic heterocycles. The fraction of sp³-hybridized carbons (Fsp3) is 0.740. The third kappa shape index (κ3) is 7.90. The second kappa shape index (κ2) is 18.5. The normalized spacial score (nSPS) is 41.0. The van der Waals surface area contributed by atoms with Crippen molar-refractivity contribution in [1.82, 2.24) is 42.5 Å². The number of nitrogens with one attached hydrogen (secondary N) is 8. The molecule has 5 aliphatic heterocycles. The second-order valence-electron chi connectivity index (χ2n) is 21.0. The molecule has 4 saturated carbocycles. The van der Waals surface area contributed by atoms with E-state index in [1.165, 1.54) is 77.0 Å². The third-order valence-corrected chi connectivity index (χ3v) is 18.8. The Morgan fingerprint density at radius 3 is 1.15 bits per heavy atom. The monoisotopic (exact) mass is 910 g/mol. The fourth-order valence-electron chi connectivity index (χ4n) is 14.9. The van der Waals surface area contributed by atoms with Crippen LogP contribution in [0.4, 0.5) is 0 Å². The molecule has 0 amide bonds. The zero-order valence-corrected chi connectivity index (χ0v) is 39.8. The molecule has 2 aromatic carbocycles. The molecule has 4 aliphatic carbocycles. The first-order chi connectivity index (χ1) is 31.8. The minimum atomic E-state index is -1.55. The maximum absolute atomic E-state index is 15.6. The Kier molecular flexibility index (Phi) is 12.7. The Hall–Kier alpha value is -2.99. The van der Waals surface area contributed by atoms with Crippen LogP contribution in [-0.4, -0.2) is 100 Å². The first-order valence-corrected chi connectivity index (χ1v) is 25.8. The van der Waals surface area contributed by atoms with Gasteiger partial charge in [0.15, 0.2) is 0 Å². The number of esters is 1. The first kappa shape index (κ1) is 44.5. The largest absolute Gasteiger partial charge is 0.497 e. The predicted octanol–water partition coefficient (Wildman–Crippen LogP) is 4.27. The smallest absolute Gasteiger partial charge is 0.317 e. The average molecular weight is 910 g/mol. The predicted molar refractivity (Wildman–Crippen MR) is 248 cm³/mol. The minimum Gasteiger partial charge on any atom is -0.497 e. The Balaban J connectivity index is 0.955. The molecule has 15 heteroatoms. The quantitative estimate of drug-likeness (QED) is 0.140. The highest BCUT2D eigenvalue weighted by Gasteiger charge is 2.57. The number of rotatable bonds is 8. The van der Waals surface area contributed by atoms with Crippen molar-refractivity contribution < 1.29 is 28.5 Å². The number of methoxy groups -OCH3 is 4.